The van der Waals surface area contributed by atoms with Crippen LogP contribution >= 0.6 is 0 Å². The molecule has 2 unspecified atom stereocenters. The number of likely N-dealkylation sites (tertiary alicyclic amines) is 1. The maximum Gasteiger partial charge on any atom is 0.407 e. The molecule has 3 aromatic rings. The lowest BCUT2D eigenvalue weighted by molar-refractivity contribution is 0.0942. The zero-order valence-electron chi connectivity index (χ0n) is 17.9. The summed E-state index contributed by atoms with van der Waals surface area (Å²) in [6.45, 7) is 0.991. The van der Waals surface area contributed by atoms with Gasteiger partial charge < -0.3 is 30.2 Å². The van der Waals surface area contributed by atoms with Crippen LogP contribution in [0.2, 0.25) is 0 Å². The second kappa shape index (κ2) is 7.80. The normalized spacial score (nSPS) is 21.0. The van der Waals surface area contributed by atoms with Crippen molar-refractivity contribution in [3.63, 3.8) is 0 Å². The van der Waals surface area contributed by atoms with Crippen LogP contribution in [0.25, 0.3) is 10.9 Å². The quantitative estimate of drug-likeness (QED) is 0.462. The molecule has 4 N–H and O–H groups in total. The van der Waals surface area contributed by atoms with Crippen LogP contribution in [-0.2, 0) is 6.54 Å². The van der Waals surface area contributed by atoms with E-state index in [0.29, 0.717) is 13.1 Å². The summed E-state index contributed by atoms with van der Waals surface area (Å²) in [6, 6.07) is 8.82. The first-order valence-electron chi connectivity index (χ1n) is 10.7. The monoisotopic (exact) mass is 449 g/mol. The van der Waals surface area contributed by atoms with Crippen LogP contribution in [0.4, 0.5) is 4.79 Å². The van der Waals surface area contributed by atoms with Crippen LogP contribution in [0.15, 0.2) is 47.5 Å². The lowest BCUT2D eigenvalue weighted by atomic mass is 10.1. The molecule has 0 spiro atoms. The number of carbonyl (C=O) groups excluding carboxylic acids is 2. The Kier molecular flexibility index (Phi) is 4.92. The molecule has 2 fully saturated rings. The van der Waals surface area contributed by atoms with Gasteiger partial charge in [-0.25, -0.2) is 4.79 Å². The molecule has 0 radical (unpaired) electrons. The Morgan fingerprint density at radius 3 is 2.61 bits per heavy atom. The zero-order chi connectivity index (χ0) is 23.3. The largest absolute Gasteiger partial charge is 0.465 e. The topological polar surface area (TPSA) is 137 Å². The smallest absolute Gasteiger partial charge is 0.407 e. The summed E-state index contributed by atoms with van der Waals surface area (Å²) in [7, 11) is 1.43. The van der Waals surface area contributed by atoms with E-state index in [2.05, 4.69) is 15.6 Å². The summed E-state index contributed by atoms with van der Waals surface area (Å²) in [5.41, 5.74) is 1.41. The van der Waals surface area contributed by atoms with Gasteiger partial charge in [0.2, 0.25) is 0 Å². The van der Waals surface area contributed by atoms with Gasteiger partial charge in [0.1, 0.15) is 5.56 Å². The molecule has 0 bridgehead atoms. The van der Waals surface area contributed by atoms with Gasteiger partial charge in [-0.2, -0.15) is 0 Å². The lowest BCUT2D eigenvalue weighted by Crippen LogP contribution is -2.38. The highest BCUT2D eigenvalue weighted by molar-refractivity contribution is 5.99. The van der Waals surface area contributed by atoms with Crippen molar-refractivity contribution in [1.82, 2.24) is 25.1 Å². The number of aromatic amines is 1. The van der Waals surface area contributed by atoms with E-state index in [1.807, 2.05) is 30.5 Å². The Hall–Kier alpha value is -4.08. The Morgan fingerprint density at radius 2 is 1.91 bits per heavy atom. The van der Waals surface area contributed by atoms with Crippen LogP contribution < -0.4 is 16.2 Å². The van der Waals surface area contributed by atoms with Gasteiger partial charge in [-0.05, 0) is 23.8 Å². The summed E-state index contributed by atoms with van der Waals surface area (Å²) < 4.78 is 1.38. The van der Waals surface area contributed by atoms with Gasteiger partial charge in [0.15, 0.2) is 0 Å². The van der Waals surface area contributed by atoms with Crippen LogP contribution in [0.5, 0.6) is 0 Å². The number of piperidine rings is 1. The molecule has 10 nitrogen and oxygen atoms in total. The number of carboxylic acid groups (broad SMARTS) is 1. The molecule has 2 atom stereocenters. The van der Waals surface area contributed by atoms with E-state index < -0.39 is 23.5 Å². The fourth-order valence-electron chi connectivity index (χ4n) is 4.78. The number of pyridine rings is 1. The molecule has 1 aliphatic carbocycles. The highest BCUT2D eigenvalue weighted by Gasteiger charge is 2.57. The molecule has 33 heavy (non-hydrogen) atoms. The SMILES string of the molecule is CNC(=O)c1cc(C(=O)NC2C3CN(C(=O)O)CC32)cn(Cc2cccc3[nH]ccc23)c1=O. The van der Waals surface area contributed by atoms with Crippen molar-refractivity contribution in [2.45, 2.75) is 12.6 Å². The summed E-state index contributed by atoms with van der Waals surface area (Å²) in [5, 5.41) is 15.5. The number of nitrogens with zero attached hydrogens (tertiary/aromatic N) is 2. The van der Waals surface area contributed by atoms with Crippen molar-refractivity contribution in [2.24, 2.45) is 11.8 Å². The minimum atomic E-state index is -0.952. The number of nitrogens with one attached hydrogen (secondary N) is 3. The van der Waals surface area contributed by atoms with Crippen LogP contribution in [0.1, 0.15) is 26.3 Å². The number of H-pyrrole nitrogens is 1. The first kappa shape index (κ1) is 20.8. The molecule has 1 aromatic carbocycles. The summed E-state index contributed by atoms with van der Waals surface area (Å²) in [5.74, 6) is -0.764. The third kappa shape index (κ3) is 3.63. The van der Waals surface area contributed by atoms with E-state index in [1.165, 1.54) is 28.8 Å². The Morgan fingerprint density at radius 1 is 1.15 bits per heavy atom. The van der Waals surface area contributed by atoms with Gasteiger partial charge in [0.25, 0.3) is 17.4 Å². The molecule has 3 heterocycles. The standard InChI is InChI=1S/C23H23N5O5/c1-24-21(30)15-7-13(20(29)26-19-16-10-28(23(32)33)11-17(16)19)9-27(22(15)31)8-12-3-2-4-18-14(12)5-6-25-18/h2-7,9,16-17,19,25H,8,10-11H2,1H3,(H,24,30)(H,26,29)(H,32,33). The number of aromatic nitrogens is 2. The van der Waals surface area contributed by atoms with Crippen molar-refractivity contribution in [2.75, 3.05) is 20.1 Å². The van der Waals surface area contributed by atoms with Gasteiger partial charge in [0.05, 0.1) is 12.1 Å². The summed E-state index contributed by atoms with van der Waals surface area (Å²) >= 11 is 0. The second-order valence-electron chi connectivity index (χ2n) is 8.53. The maximum absolute atomic E-state index is 13.0. The summed E-state index contributed by atoms with van der Waals surface area (Å²) in [6.07, 6.45) is 2.33. The van der Waals surface area contributed by atoms with E-state index >= 15 is 0 Å². The number of fused-ring (bicyclic) bond motifs is 2. The number of benzene rings is 1. The highest BCUT2D eigenvalue weighted by atomic mass is 16.4. The fraction of sp³-hybridized carbons (Fsp3) is 0.304. The van der Waals surface area contributed by atoms with Crippen molar-refractivity contribution < 1.29 is 19.5 Å². The predicted octanol–water partition coefficient (Wildman–Crippen LogP) is 1.08. The van der Waals surface area contributed by atoms with Crippen LogP contribution in [-0.4, -0.2) is 63.6 Å². The number of carbonyl (C=O) groups is 3. The number of rotatable bonds is 5. The summed E-state index contributed by atoms with van der Waals surface area (Å²) in [4.78, 5) is 54.0. The maximum atomic E-state index is 13.0. The predicted molar refractivity (Wildman–Crippen MR) is 119 cm³/mol. The molecule has 1 aliphatic heterocycles. The second-order valence-corrected chi connectivity index (χ2v) is 8.53. The van der Waals surface area contributed by atoms with Crippen molar-refractivity contribution >= 4 is 28.8 Å². The molecule has 3 amide bonds. The zero-order valence-corrected chi connectivity index (χ0v) is 17.9. The number of hydrogen-bond acceptors (Lipinski definition) is 4. The Bertz CT molecular complexity index is 1330. The molecule has 1 saturated heterocycles. The van der Waals surface area contributed by atoms with Gasteiger partial charge in [-0.3, -0.25) is 14.4 Å². The molecule has 10 heteroatoms. The average molecular weight is 449 g/mol. The lowest BCUT2D eigenvalue weighted by Gasteiger charge is -2.17. The third-order valence-corrected chi connectivity index (χ3v) is 6.61. The minimum Gasteiger partial charge on any atom is -0.465 e. The molecule has 2 aliphatic rings. The van der Waals surface area contributed by atoms with E-state index in [-0.39, 0.29) is 35.5 Å². The van der Waals surface area contributed by atoms with E-state index in [1.54, 1.807) is 0 Å². The molecular formula is C23H23N5O5. The molecule has 170 valence electrons. The molecule has 5 rings (SSSR count). The number of amides is 3. The molecule has 1 saturated carbocycles. The Labute approximate surface area is 188 Å². The Balaban J connectivity index is 1.42. The van der Waals surface area contributed by atoms with Gasteiger partial charge in [0, 0.05) is 61.3 Å². The van der Waals surface area contributed by atoms with E-state index in [0.717, 1.165) is 16.5 Å². The van der Waals surface area contributed by atoms with Gasteiger partial charge in [-0.1, -0.05) is 12.1 Å². The average Bonchev–Trinajstić information content (AvgIpc) is 3.19. The fourth-order valence-corrected chi connectivity index (χ4v) is 4.78. The highest BCUT2D eigenvalue weighted by Crippen LogP contribution is 2.45. The van der Waals surface area contributed by atoms with E-state index in [9.17, 15) is 19.2 Å². The van der Waals surface area contributed by atoms with Crippen molar-refractivity contribution in [1.29, 1.82) is 0 Å². The first-order valence-corrected chi connectivity index (χ1v) is 10.7. The number of hydrogen-bond donors (Lipinski definition) is 4. The van der Waals surface area contributed by atoms with Crippen molar-refractivity contribution in [3.05, 3.63) is 69.8 Å². The molecule has 2 aromatic heterocycles. The third-order valence-electron chi connectivity index (χ3n) is 6.61. The van der Waals surface area contributed by atoms with Gasteiger partial charge in [-0.15, -0.1) is 0 Å². The first-order chi connectivity index (χ1) is 15.9. The van der Waals surface area contributed by atoms with Crippen LogP contribution in [0.3, 0.4) is 0 Å². The minimum absolute atomic E-state index is 0.0977. The molecular weight excluding hydrogens is 426 g/mol. The van der Waals surface area contributed by atoms with Crippen molar-refractivity contribution in [3.8, 4) is 0 Å². The van der Waals surface area contributed by atoms with Crippen LogP contribution in [0, 0.1) is 11.8 Å². The van der Waals surface area contributed by atoms with Gasteiger partial charge >= 0.3 is 6.09 Å². The van der Waals surface area contributed by atoms with E-state index in [4.69, 9.17) is 5.11 Å².